The molecule has 6 heteroatoms. The second kappa shape index (κ2) is 8.41. The van der Waals surface area contributed by atoms with Crippen molar-refractivity contribution in [2.24, 2.45) is 0 Å². The smallest absolute Gasteiger partial charge is 0.277 e. The third kappa shape index (κ3) is 3.81. The quantitative estimate of drug-likeness (QED) is 0.682. The van der Waals surface area contributed by atoms with E-state index in [9.17, 15) is 9.59 Å². The van der Waals surface area contributed by atoms with Crippen LogP contribution in [0.5, 0.6) is 0 Å². The van der Waals surface area contributed by atoms with Crippen molar-refractivity contribution in [2.45, 2.75) is 26.7 Å². The Hall–Kier alpha value is -2.60. The van der Waals surface area contributed by atoms with Gasteiger partial charge in [0.1, 0.15) is 5.70 Å². The van der Waals surface area contributed by atoms with Crippen LogP contribution in [0.25, 0.3) is 5.57 Å². The van der Waals surface area contributed by atoms with Gasteiger partial charge in [0.25, 0.3) is 11.8 Å². The molecule has 2 amide bonds. The maximum atomic E-state index is 13.2. The van der Waals surface area contributed by atoms with Crippen molar-refractivity contribution in [1.82, 2.24) is 9.80 Å². The monoisotopic (exact) mass is 409 g/mol. The first-order valence-electron chi connectivity index (χ1n) is 10.3. The van der Waals surface area contributed by atoms with Crippen LogP contribution >= 0.6 is 11.3 Å². The molecule has 2 aliphatic heterocycles. The first kappa shape index (κ1) is 19.7. The molecule has 2 aromatic rings. The Morgan fingerprint density at radius 2 is 1.72 bits per heavy atom. The number of rotatable bonds is 6. The number of hydrogen-bond donors (Lipinski definition) is 0. The highest BCUT2D eigenvalue weighted by molar-refractivity contribution is 7.11. The average Bonchev–Trinajstić information content (AvgIpc) is 3.33. The average molecular weight is 410 g/mol. The number of carbonyl (C=O) groups is 2. The highest BCUT2D eigenvalue weighted by atomic mass is 32.1. The van der Waals surface area contributed by atoms with Crippen molar-refractivity contribution < 1.29 is 9.59 Å². The molecule has 2 aliphatic rings. The predicted molar refractivity (Wildman–Crippen MR) is 118 cm³/mol. The van der Waals surface area contributed by atoms with E-state index < -0.39 is 0 Å². The molecule has 4 rings (SSSR count). The maximum absolute atomic E-state index is 13.2. The fraction of sp³-hybridized carbons (Fsp3) is 0.391. The molecule has 1 saturated heterocycles. The Bertz CT molecular complexity index is 927. The summed E-state index contributed by atoms with van der Waals surface area (Å²) in [6.45, 7) is 7.81. The Morgan fingerprint density at radius 3 is 2.38 bits per heavy atom. The van der Waals surface area contributed by atoms with E-state index in [1.807, 2.05) is 17.5 Å². The SMILES string of the molecule is CCCCN1C(=O)C(c2cccs2)=C(N2CCN(c3cccc(C)c3)CC2)C1=O. The number of imide groups is 1. The number of hydrogen-bond acceptors (Lipinski definition) is 5. The summed E-state index contributed by atoms with van der Waals surface area (Å²) >= 11 is 1.52. The third-order valence-electron chi connectivity index (χ3n) is 5.61. The van der Waals surface area contributed by atoms with E-state index in [1.165, 1.54) is 27.5 Å². The number of aryl methyl sites for hydroxylation is 1. The van der Waals surface area contributed by atoms with Crippen LogP contribution in [-0.2, 0) is 9.59 Å². The van der Waals surface area contributed by atoms with Gasteiger partial charge in [-0.25, -0.2) is 0 Å². The molecule has 0 bridgehead atoms. The lowest BCUT2D eigenvalue weighted by Crippen LogP contribution is -2.47. The summed E-state index contributed by atoms with van der Waals surface area (Å²) < 4.78 is 0. The van der Waals surface area contributed by atoms with Gasteiger partial charge in [-0.3, -0.25) is 14.5 Å². The van der Waals surface area contributed by atoms with Gasteiger partial charge >= 0.3 is 0 Å². The Kier molecular flexibility index (Phi) is 5.72. The highest BCUT2D eigenvalue weighted by Gasteiger charge is 2.42. The summed E-state index contributed by atoms with van der Waals surface area (Å²) in [5, 5.41) is 1.96. The zero-order chi connectivity index (χ0) is 20.4. The van der Waals surface area contributed by atoms with Crippen LogP contribution in [0.4, 0.5) is 5.69 Å². The van der Waals surface area contributed by atoms with E-state index in [2.05, 4.69) is 47.9 Å². The van der Waals surface area contributed by atoms with Crippen LogP contribution in [0.3, 0.4) is 0 Å². The highest BCUT2D eigenvalue weighted by Crippen LogP contribution is 2.34. The van der Waals surface area contributed by atoms with E-state index in [-0.39, 0.29) is 11.8 Å². The van der Waals surface area contributed by atoms with Gasteiger partial charge in [0.2, 0.25) is 0 Å². The van der Waals surface area contributed by atoms with E-state index in [0.29, 0.717) is 17.8 Å². The number of amides is 2. The molecule has 0 aliphatic carbocycles. The molecule has 3 heterocycles. The Labute approximate surface area is 176 Å². The molecule has 152 valence electrons. The van der Waals surface area contributed by atoms with Gasteiger partial charge in [0.15, 0.2) is 0 Å². The van der Waals surface area contributed by atoms with E-state index in [1.54, 1.807) is 0 Å². The van der Waals surface area contributed by atoms with Crippen LogP contribution in [0.15, 0.2) is 47.5 Å². The van der Waals surface area contributed by atoms with E-state index in [4.69, 9.17) is 0 Å². The number of thiophene rings is 1. The van der Waals surface area contributed by atoms with Crippen LogP contribution in [0.1, 0.15) is 30.2 Å². The maximum Gasteiger partial charge on any atom is 0.277 e. The second-order valence-corrected chi connectivity index (χ2v) is 8.58. The van der Waals surface area contributed by atoms with Crippen molar-refractivity contribution in [3.8, 4) is 0 Å². The number of anilines is 1. The first-order valence-corrected chi connectivity index (χ1v) is 11.2. The number of piperazine rings is 1. The summed E-state index contributed by atoms with van der Waals surface area (Å²) in [6.07, 6.45) is 1.79. The minimum atomic E-state index is -0.137. The van der Waals surface area contributed by atoms with Crippen LogP contribution < -0.4 is 4.90 Å². The Morgan fingerprint density at radius 1 is 0.966 bits per heavy atom. The molecule has 29 heavy (non-hydrogen) atoms. The summed E-state index contributed by atoms with van der Waals surface area (Å²) in [4.78, 5) is 33.1. The van der Waals surface area contributed by atoms with Gasteiger partial charge in [0.05, 0.1) is 5.57 Å². The zero-order valence-corrected chi connectivity index (χ0v) is 17.9. The molecule has 5 nitrogen and oxygen atoms in total. The molecule has 0 unspecified atom stereocenters. The summed E-state index contributed by atoms with van der Waals surface area (Å²) in [6, 6.07) is 12.4. The second-order valence-electron chi connectivity index (χ2n) is 7.63. The lowest BCUT2D eigenvalue weighted by atomic mass is 10.1. The van der Waals surface area contributed by atoms with E-state index >= 15 is 0 Å². The van der Waals surface area contributed by atoms with Crippen molar-refractivity contribution in [3.63, 3.8) is 0 Å². The largest absolute Gasteiger partial charge is 0.368 e. The lowest BCUT2D eigenvalue weighted by molar-refractivity contribution is -0.137. The molecule has 0 saturated carbocycles. The van der Waals surface area contributed by atoms with Gasteiger partial charge in [-0.2, -0.15) is 0 Å². The standard InChI is InChI=1S/C23H27N3O2S/c1-3-4-10-26-22(27)20(19-9-6-15-29-19)21(23(26)28)25-13-11-24(12-14-25)18-8-5-7-17(2)16-18/h5-9,15-16H,3-4,10-14H2,1-2H3. The first-order chi connectivity index (χ1) is 14.1. The van der Waals surface area contributed by atoms with Crippen LogP contribution in [0.2, 0.25) is 0 Å². The van der Waals surface area contributed by atoms with Gasteiger partial charge in [-0.1, -0.05) is 31.5 Å². The van der Waals surface area contributed by atoms with Crippen molar-refractivity contribution in [3.05, 3.63) is 57.9 Å². The fourth-order valence-corrected chi connectivity index (χ4v) is 4.79. The number of nitrogens with zero attached hydrogens (tertiary/aromatic N) is 3. The summed E-state index contributed by atoms with van der Waals surface area (Å²) in [7, 11) is 0. The molecule has 0 radical (unpaired) electrons. The zero-order valence-electron chi connectivity index (χ0n) is 17.1. The molecular weight excluding hydrogens is 382 g/mol. The molecule has 1 fully saturated rings. The minimum absolute atomic E-state index is 0.129. The van der Waals surface area contributed by atoms with Crippen molar-refractivity contribution in [2.75, 3.05) is 37.6 Å². The normalized spacial score (nSPS) is 17.7. The molecule has 1 aromatic carbocycles. The van der Waals surface area contributed by atoms with Crippen molar-refractivity contribution >= 4 is 34.4 Å². The molecular formula is C23H27N3O2S. The van der Waals surface area contributed by atoms with Gasteiger partial charge in [-0.05, 0) is 42.5 Å². The Balaban J connectivity index is 1.58. The molecule has 0 N–H and O–H groups in total. The summed E-state index contributed by atoms with van der Waals surface area (Å²) in [5.41, 5.74) is 3.65. The van der Waals surface area contributed by atoms with Gasteiger partial charge < -0.3 is 9.80 Å². The number of unbranched alkanes of at least 4 members (excludes halogenated alkanes) is 1. The topological polar surface area (TPSA) is 43.9 Å². The van der Waals surface area contributed by atoms with Crippen LogP contribution in [-0.4, -0.2) is 54.3 Å². The minimum Gasteiger partial charge on any atom is -0.368 e. The van der Waals surface area contributed by atoms with Gasteiger partial charge in [-0.15, -0.1) is 11.3 Å². The molecule has 0 atom stereocenters. The molecule has 1 aromatic heterocycles. The van der Waals surface area contributed by atoms with Crippen molar-refractivity contribution in [1.29, 1.82) is 0 Å². The fourth-order valence-electron chi connectivity index (χ4n) is 4.03. The molecule has 0 spiro atoms. The summed E-state index contributed by atoms with van der Waals surface area (Å²) in [5.74, 6) is -0.266. The number of carbonyl (C=O) groups excluding carboxylic acids is 2. The lowest BCUT2D eigenvalue weighted by Gasteiger charge is -2.37. The predicted octanol–water partition coefficient (Wildman–Crippen LogP) is 3.76. The van der Waals surface area contributed by atoms with Crippen LogP contribution in [0, 0.1) is 6.92 Å². The van der Waals surface area contributed by atoms with E-state index in [0.717, 1.165) is 43.9 Å². The van der Waals surface area contributed by atoms with Gasteiger partial charge in [0, 0.05) is 43.3 Å². The third-order valence-corrected chi connectivity index (χ3v) is 6.50. The number of benzene rings is 1.